The van der Waals surface area contributed by atoms with Gasteiger partial charge in [-0.25, -0.2) is 0 Å². The summed E-state index contributed by atoms with van der Waals surface area (Å²) in [6, 6.07) is 8.77. The molecule has 1 rings (SSSR count). The van der Waals surface area contributed by atoms with Gasteiger partial charge in [0.25, 0.3) is 0 Å². The largest absolute Gasteiger partial charge is 0.493 e. The number of rotatable bonds is 6. The molecule has 1 unspecified atom stereocenters. The zero-order valence-electron chi connectivity index (χ0n) is 14.2. The van der Waals surface area contributed by atoms with E-state index in [-0.39, 0.29) is 11.5 Å². The number of ether oxygens (including phenoxy) is 1. The van der Waals surface area contributed by atoms with Gasteiger partial charge in [0.1, 0.15) is 5.75 Å². The minimum absolute atomic E-state index is 0.0495. The zero-order valence-corrected chi connectivity index (χ0v) is 14.2. The molecule has 0 saturated heterocycles. The molecule has 0 aliphatic rings. The van der Waals surface area contributed by atoms with E-state index in [4.69, 9.17) is 10.00 Å². The average molecular weight is 288 g/mol. The van der Waals surface area contributed by atoms with Gasteiger partial charge in [0.15, 0.2) is 0 Å². The molecule has 1 atom stereocenters. The lowest BCUT2D eigenvalue weighted by Gasteiger charge is -2.23. The van der Waals surface area contributed by atoms with Crippen LogP contribution in [0.1, 0.15) is 52.2 Å². The lowest BCUT2D eigenvalue weighted by Crippen LogP contribution is -2.34. The minimum atomic E-state index is -0.159. The van der Waals surface area contributed by atoms with E-state index in [1.54, 1.807) is 0 Å². The summed E-state index contributed by atoms with van der Waals surface area (Å²) in [6.07, 6.45) is 0.687. The summed E-state index contributed by atoms with van der Waals surface area (Å²) in [5.41, 5.74) is 2.45. The topological polar surface area (TPSA) is 45.0 Å². The van der Waals surface area contributed by atoms with Gasteiger partial charge in [-0.15, -0.1) is 0 Å². The van der Waals surface area contributed by atoms with Crippen LogP contribution in [0.4, 0.5) is 0 Å². The normalized spacial score (nSPS) is 13.0. The van der Waals surface area contributed by atoms with Crippen molar-refractivity contribution in [3.8, 4) is 11.8 Å². The highest BCUT2D eigenvalue weighted by Gasteiger charge is 2.19. The first-order valence-corrected chi connectivity index (χ1v) is 7.63. The predicted molar refractivity (Wildman–Crippen MR) is 87.7 cm³/mol. The van der Waals surface area contributed by atoms with Crippen molar-refractivity contribution in [3.63, 3.8) is 0 Å². The Kier molecular flexibility index (Phi) is 6.23. The van der Waals surface area contributed by atoms with E-state index in [2.05, 4.69) is 57.3 Å². The Bertz CT molecular complexity index is 495. The molecular weight excluding hydrogens is 260 g/mol. The molecule has 116 valence electrons. The van der Waals surface area contributed by atoms with Crippen LogP contribution in [0.25, 0.3) is 0 Å². The van der Waals surface area contributed by atoms with Crippen molar-refractivity contribution in [1.29, 1.82) is 5.26 Å². The van der Waals surface area contributed by atoms with Crippen LogP contribution in [-0.2, 0) is 5.41 Å². The molecular formula is C18H28N2O. The Morgan fingerprint density at radius 2 is 1.95 bits per heavy atom. The van der Waals surface area contributed by atoms with E-state index >= 15 is 0 Å². The van der Waals surface area contributed by atoms with Gasteiger partial charge in [-0.3, -0.25) is 5.32 Å². The SMILES string of the molecule is Cc1ccc(C(C)(C)C)c(OCCC(C#N)NC(C)C)c1. The number of nitriles is 1. The highest BCUT2D eigenvalue weighted by molar-refractivity contribution is 5.41. The Labute approximate surface area is 129 Å². The Morgan fingerprint density at radius 3 is 2.48 bits per heavy atom. The summed E-state index contributed by atoms with van der Waals surface area (Å²) in [7, 11) is 0. The van der Waals surface area contributed by atoms with Crippen molar-refractivity contribution in [2.45, 2.75) is 65.5 Å². The van der Waals surface area contributed by atoms with Gasteiger partial charge in [-0.05, 0) is 43.4 Å². The molecule has 1 aromatic rings. The number of hydrogen-bond acceptors (Lipinski definition) is 3. The second kappa shape index (κ2) is 7.47. The maximum atomic E-state index is 9.13. The zero-order chi connectivity index (χ0) is 16.0. The summed E-state index contributed by atoms with van der Waals surface area (Å²) < 4.78 is 5.97. The molecule has 21 heavy (non-hydrogen) atoms. The van der Waals surface area contributed by atoms with Crippen LogP contribution in [0, 0.1) is 18.3 Å². The number of nitrogens with one attached hydrogen (secondary N) is 1. The van der Waals surface area contributed by atoms with E-state index in [1.165, 1.54) is 11.1 Å². The smallest absolute Gasteiger partial charge is 0.123 e. The van der Waals surface area contributed by atoms with Crippen LogP contribution in [0.5, 0.6) is 5.75 Å². The summed E-state index contributed by atoms with van der Waals surface area (Å²) in [5.74, 6) is 0.934. The molecule has 0 heterocycles. The quantitative estimate of drug-likeness (QED) is 0.862. The first-order valence-electron chi connectivity index (χ1n) is 7.63. The van der Waals surface area contributed by atoms with Crippen LogP contribution < -0.4 is 10.1 Å². The standard InChI is InChI=1S/C18H28N2O/c1-13(2)20-15(12-19)9-10-21-17-11-14(3)7-8-16(17)18(4,5)6/h7-8,11,13,15,20H,9-10H2,1-6H3. The van der Waals surface area contributed by atoms with Gasteiger partial charge in [0.2, 0.25) is 0 Å². The minimum Gasteiger partial charge on any atom is -0.493 e. The fourth-order valence-electron chi connectivity index (χ4n) is 2.24. The molecule has 0 bridgehead atoms. The third kappa shape index (κ3) is 5.77. The Morgan fingerprint density at radius 1 is 1.29 bits per heavy atom. The molecule has 0 saturated carbocycles. The molecule has 1 N–H and O–H groups in total. The van der Waals surface area contributed by atoms with E-state index < -0.39 is 0 Å². The maximum Gasteiger partial charge on any atom is 0.123 e. The molecule has 0 spiro atoms. The van der Waals surface area contributed by atoms with E-state index in [9.17, 15) is 0 Å². The molecule has 0 aromatic heterocycles. The highest BCUT2D eigenvalue weighted by atomic mass is 16.5. The van der Waals surface area contributed by atoms with Crippen molar-refractivity contribution in [2.75, 3.05) is 6.61 Å². The van der Waals surface area contributed by atoms with E-state index in [0.29, 0.717) is 19.1 Å². The number of nitrogens with zero attached hydrogens (tertiary/aromatic N) is 1. The first kappa shape index (κ1) is 17.5. The molecule has 3 nitrogen and oxygen atoms in total. The Balaban J connectivity index is 2.71. The van der Waals surface area contributed by atoms with Gasteiger partial charge in [0, 0.05) is 12.5 Å². The monoisotopic (exact) mass is 288 g/mol. The van der Waals surface area contributed by atoms with E-state index in [0.717, 1.165) is 5.75 Å². The molecule has 0 amide bonds. The van der Waals surface area contributed by atoms with Gasteiger partial charge in [0.05, 0.1) is 18.7 Å². The predicted octanol–water partition coefficient (Wildman–Crippen LogP) is 3.95. The van der Waals surface area contributed by atoms with Gasteiger partial charge >= 0.3 is 0 Å². The average Bonchev–Trinajstić information content (AvgIpc) is 2.35. The number of aryl methyl sites for hydroxylation is 1. The van der Waals surface area contributed by atoms with Crippen LogP contribution >= 0.6 is 0 Å². The third-order valence-electron chi connectivity index (χ3n) is 3.30. The van der Waals surface area contributed by atoms with Crippen LogP contribution in [0.2, 0.25) is 0 Å². The fraction of sp³-hybridized carbons (Fsp3) is 0.611. The van der Waals surface area contributed by atoms with Crippen molar-refractivity contribution in [2.24, 2.45) is 0 Å². The van der Waals surface area contributed by atoms with Crippen molar-refractivity contribution in [1.82, 2.24) is 5.32 Å². The maximum absolute atomic E-state index is 9.13. The second-order valence-corrected chi connectivity index (χ2v) is 6.89. The summed E-state index contributed by atoms with van der Waals surface area (Å²) in [5, 5.41) is 12.4. The molecule has 0 aliphatic heterocycles. The van der Waals surface area contributed by atoms with Crippen LogP contribution in [0.15, 0.2) is 18.2 Å². The summed E-state index contributed by atoms with van der Waals surface area (Å²) >= 11 is 0. The van der Waals surface area contributed by atoms with Gasteiger partial charge < -0.3 is 4.74 Å². The van der Waals surface area contributed by atoms with Crippen molar-refractivity contribution in [3.05, 3.63) is 29.3 Å². The van der Waals surface area contributed by atoms with Gasteiger partial charge in [-0.1, -0.05) is 32.9 Å². The molecule has 0 radical (unpaired) electrons. The van der Waals surface area contributed by atoms with Gasteiger partial charge in [-0.2, -0.15) is 5.26 Å². The van der Waals surface area contributed by atoms with E-state index in [1.807, 2.05) is 13.8 Å². The van der Waals surface area contributed by atoms with Crippen molar-refractivity contribution >= 4 is 0 Å². The molecule has 1 aromatic carbocycles. The summed E-state index contributed by atoms with van der Waals surface area (Å²) in [4.78, 5) is 0. The lowest BCUT2D eigenvalue weighted by molar-refractivity contribution is 0.287. The first-order chi connectivity index (χ1) is 9.74. The third-order valence-corrected chi connectivity index (χ3v) is 3.30. The molecule has 0 fully saturated rings. The number of hydrogen-bond donors (Lipinski definition) is 1. The van der Waals surface area contributed by atoms with Crippen LogP contribution in [0.3, 0.4) is 0 Å². The molecule has 0 aliphatic carbocycles. The van der Waals surface area contributed by atoms with Crippen LogP contribution in [-0.4, -0.2) is 18.7 Å². The second-order valence-electron chi connectivity index (χ2n) is 6.89. The fourth-order valence-corrected chi connectivity index (χ4v) is 2.24. The highest BCUT2D eigenvalue weighted by Crippen LogP contribution is 2.32. The van der Waals surface area contributed by atoms with Crippen molar-refractivity contribution < 1.29 is 4.74 Å². The number of benzene rings is 1. The Hall–Kier alpha value is -1.53. The molecule has 3 heteroatoms. The lowest BCUT2D eigenvalue weighted by atomic mass is 9.86. The summed E-state index contributed by atoms with van der Waals surface area (Å²) in [6.45, 7) is 13.3.